The molecule has 0 saturated heterocycles. The van der Waals surface area contributed by atoms with E-state index in [2.05, 4.69) is 82.8 Å². The molecule has 0 N–H and O–H groups in total. The van der Waals surface area contributed by atoms with Crippen molar-refractivity contribution in [2.75, 3.05) is 13.2 Å². The van der Waals surface area contributed by atoms with Crippen LogP contribution in [0.3, 0.4) is 0 Å². The van der Waals surface area contributed by atoms with E-state index in [9.17, 15) is 21.4 Å². The first-order chi connectivity index (χ1) is 36.5. The number of rotatable bonds is 17. The molecule has 0 spiro atoms. The van der Waals surface area contributed by atoms with E-state index in [1.54, 1.807) is 85.2 Å². The standard InChI is InChI=1S/C32H26NO3S2.C26H23NO5S.BF3.FH/c1-23(35-32-12-6-7-21-33-32)22-34-24-13-15-25(16-14-24)36-26-17-19-27(20-18-26)38-30-10-4-2-8-28(30)37-29-9-3-5-11-31(29)38;1-20(31-26-9-5-6-18-27-26)19-30-21-10-12-22(13-11-21)32-23-14-16-25(17-15-23)33(28,29)24-7-3-2-4-8-24;2-1(3)4;/h2-21,23H,22H2,1H3;2-18,20H,19H2,1H3;;1H/q+1;;;/p-1. The molecule has 388 valence electrons. The van der Waals surface area contributed by atoms with Crippen LogP contribution in [0.4, 0.5) is 12.9 Å². The van der Waals surface area contributed by atoms with Gasteiger partial charge in [-0.1, -0.05) is 66.4 Å². The number of nitrogens with zero attached hydrogens (tertiary/aromatic N) is 2. The first-order valence-electron chi connectivity index (χ1n) is 23.5. The first-order valence-corrected chi connectivity index (χ1v) is 27.0. The number of benzene rings is 7. The third-order valence-electron chi connectivity index (χ3n) is 10.6. The van der Waals surface area contributed by atoms with E-state index in [1.807, 2.05) is 80.2 Å². The molecule has 7 aromatic carbocycles. The molecule has 10 nitrogen and oxygen atoms in total. The van der Waals surface area contributed by atoms with Crippen LogP contribution in [0.15, 0.2) is 259 Å². The summed E-state index contributed by atoms with van der Waals surface area (Å²) >= 11 is 1.85. The molecule has 1 aliphatic heterocycles. The van der Waals surface area contributed by atoms with Crippen molar-refractivity contribution in [3.63, 3.8) is 0 Å². The van der Waals surface area contributed by atoms with Crippen molar-refractivity contribution in [2.24, 2.45) is 0 Å². The predicted molar refractivity (Wildman–Crippen MR) is 286 cm³/mol. The Hall–Kier alpha value is -7.93. The normalized spacial score (nSPS) is 12.2. The van der Waals surface area contributed by atoms with E-state index in [0.717, 1.165) is 17.2 Å². The van der Waals surface area contributed by atoms with Gasteiger partial charge in [0.15, 0.2) is 14.7 Å². The Morgan fingerprint density at radius 2 is 0.829 bits per heavy atom. The van der Waals surface area contributed by atoms with Crippen molar-refractivity contribution in [3.05, 3.63) is 225 Å². The summed E-state index contributed by atoms with van der Waals surface area (Å²) in [7, 11) is -7.36. The molecule has 0 radical (unpaired) electrons. The second-order valence-electron chi connectivity index (χ2n) is 16.3. The minimum Gasteiger partial charge on any atom is -1.00 e. The predicted octanol–water partition coefficient (Wildman–Crippen LogP) is 11.7. The van der Waals surface area contributed by atoms with Crippen LogP contribution in [0.25, 0.3) is 0 Å². The van der Waals surface area contributed by atoms with Gasteiger partial charge in [-0.2, -0.15) is 0 Å². The lowest BCUT2D eigenvalue weighted by Crippen LogP contribution is -3.00. The second kappa shape index (κ2) is 27.6. The molecule has 3 heterocycles. The van der Waals surface area contributed by atoms with Crippen LogP contribution in [0.5, 0.6) is 46.3 Å². The maximum absolute atomic E-state index is 12.7. The van der Waals surface area contributed by atoms with Crippen molar-refractivity contribution in [2.45, 2.75) is 60.3 Å². The van der Waals surface area contributed by atoms with Crippen molar-refractivity contribution in [1.82, 2.24) is 9.97 Å². The molecular formula is C58H49BF4N2O8S3. The Bertz CT molecular complexity index is 3240. The lowest BCUT2D eigenvalue weighted by atomic mass is 10.3. The highest BCUT2D eigenvalue weighted by molar-refractivity contribution is 8.04. The van der Waals surface area contributed by atoms with E-state index in [1.165, 1.54) is 36.6 Å². The van der Waals surface area contributed by atoms with Crippen molar-refractivity contribution in [1.29, 1.82) is 0 Å². The van der Waals surface area contributed by atoms with E-state index >= 15 is 0 Å². The lowest BCUT2D eigenvalue weighted by Gasteiger charge is -2.18. The van der Waals surface area contributed by atoms with Gasteiger partial charge in [-0.25, -0.2) is 18.4 Å². The SMILES string of the molecule is CC(COc1ccc(Oc2ccc(S(=O)(=O)c3ccccc3)cc2)cc1)Oc1ccccn1.CC(COc1ccc(Oc2ccc([S+]3c4ccccc4Sc4ccccc43)cc2)cc1)Oc1ccccn1.FB(F)F.[F-]. The van der Waals surface area contributed by atoms with Crippen LogP contribution < -0.4 is 33.1 Å². The Morgan fingerprint density at radius 3 is 1.25 bits per heavy atom. The molecule has 0 fully saturated rings. The molecule has 0 aliphatic carbocycles. The van der Waals surface area contributed by atoms with Crippen LogP contribution in [0, 0.1) is 0 Å². The summed E-state index contributed by atoms with van der Waals surface area (Å²) in [6, 6.07) is 66.5. The Kier molecular flexibility index (Phi) is 20.2. The zero-order valence-corrected chi connectivity index (χ0v) is 43.4. The highest BCUT2D eigenvalue weighted by atomic mass is 32.2. The maximum atomic E-state index is 12.7. The zero-order chi connectivity index (χ0) is 52.4. The molecule has 2 atom stereocenters. The number of aromatic nitrogens is 2. The summed E-state index contributed by atoms with van der Waals surface area (Å²) in [4.78, 5) is 15.5. The smallest absolute Gasteiger partial charge is 0.762 e. The zero-order valence-electron chi connectivity index (χ0n) is 40.9. The van der Waals surface area contributed by atoms with E-state index < -0.39 is 17.4 Å². The van der Waals surface area contributed by atoms with Gasteiger partial charge >= 0.3 is 7.54 Å². The fraction of sp³-hybridized carbons (Fsp3) is 0.103. The topological polar surface area (TPSA) is 115 Å². The lowest BCUT2D eigenvalue weighted by molar-refractivity contribution is -0.0000233. The van der Waals surface area contributed by atoms with Gasteiger partial charge in [0.1, 0.15) is 70.8 Å². The van der Waals surface area contributed by atoms with Gasteiger partial charge in [0, 0.05) is 24.5 Å². The Morgan fingerprint density at radius 1 is 0.474 bits per heavy atom. The molecular weight excluding hydrogens is 1040 g/mol. The minimum atomic E-state index is -3.67. The number of ether oxygens (including phenoxy) is 6. The highest BCUT2D eigenvalue weighted by Crippen LogP contribution is 2.48. The average Bonchev–Trinajstić information content (AvgIpc) is 3.44. The molecule has 10 rings (SSSR count). The molecule has 1 aliphatic rings. The Labute approximate surface area is 446 Å². The average molecular weight is 1090 g/mol. The monoisotopic (exact) mass is 1080 g/mol. The van der Waals surface area contributed by atoms with E-state index in [0.29, 0.717) is 42.2 Å². The van der Waals surface area contributed by atoms with Crippen LogP contribution in [-0.4, -0.2) is 51.4 Å². The molecule has 76 heavy (non-hydrogen) atoms. The minimum absolute atomic E-state index is 0. The van der Waals surface area contributed by atoms with Gasteiger partial charge in [0.2, 0.25) is 21.6 Å². The Balaban J connectivity index is 0.000000206. The quantitative estimate of drug-likeness (QED) is 0.0493. The van der Waals surface area contributed by atoms with Gasteiger partial charge in [0.05, 0.1) is 19.6 Å². The van der Waals surface area contributed by atoms with Gasteiger partial charge in [-0.3, -0.25) is 12.9 Å². The van der Waals surface area contributed by atoms with Gasteiger partial charge in [-0.15, -0.1) is 0 Å². The molecule has 0 saturated carbocycles. The third kappa shape index (κ3) is 16.0. The molecule has 0 amide bonds. The largest absolute Gasteiger partial charge is 1.00 e. The fourth-order valence-electron chi connectivity index (χ4n) is 7.18. The highest BCUT2D eigenvalue weighted by Gasteiger charge is 2.37. The molecule has 0 bridgehead atoms. The van der Waals surface area contributed by atoms with Crippen LogP contribution in [0.1, 0.15) is 13.8 Å². The number of hydrogen-bond acceptors (Lipinski definition) is 11. The van der Waals surface area contributed by atoms with E-state index in [-0.39, 0.29) is 37.6 Å². The van der Waals surface area contributed by atoms with E-state index in [4.69, 9.17) is 28.4 Å². The van der Waals surface area contributed by atoms with Crippen LogP contribution in [0.2, 0.25) is 0 Å². The van der Waals surface area contributed by atoms with Crippen molar-refractivity contribution >= 4 is 40.0 Å². The number of pyridine rings is 2. The first kappa shape index (κ1) is 55.8. The van der Waals surface area contributed by atoms with Crippen LogP contribution >= 0.6 is 11.8 Å². The third-order valence-corrected chi connectivity index (χ3v) is 16.1. The summed E-state index contributed by atoms with van der Waals surface area (Å²) < 4.78 is 89.4. The number of sulfone groups is 1. The number of halogens is 4. The van der Waals surface area contributed by atoms with Crippen LogP contribution in [-0.2, 0) is 20.7 Å². The van der Waals surface area contributed by atoms with Gasteiger partial charge in [0.25, 0.3) is 0 Å². The summed E-state index contributed by atoms with van der Waals surface area (Å²) in [6.45, 7) is 4.66. The number of fused-ring (bicyclic) bond motifs is 2. The van der Waals surface area contributed by atoms with Crippen molar-refractivity contribution in [3.8, 4) is 46.3 Å². The summed E-state index contributed by atoms with van der Waals surface area (Å²) in [5, 5.41) is 0. The summed E-state index contributed by atoms with van der Waals surface area (Å²) in [5.74, 6) is 5.30. The summed E-state index contributed by atoms with van der Waals surface area (Å²) in [5.41, 5.74) is 0. The molecule has 18 heteroatoms. The maximum Gasteiger partial charge on any atom is 0.762 e. The second-order valence-corrected chi connectivity index (χ2v) is 21.3. The van der Waals surface area contributed by atoms with Gasteiger partial charge in [-0.05, 0) is 159 Å². The number of hydrogen-bond donors (Lipinski definition) is 0. The molecule has 9 aromatic rings. The summed E-state index contributed by atoms with van der Waals surface area (Å²) in [6.07, 6.45) is 3.10. The fourth-order valence-corrected chi connectivity index (χ4v) is 12.2. The van der Waals surface area contributed by atoms with Gasteiger partial charge < -0.3 is 33.1 Å². The van der Waals surface area contributed by atoms with Crippen molar-refractivity contribution < 1.29 is 54.5 Å². The molecule has 2 aromatic heterocycles. The molecule has 2 unspecified atom stereocenters.